The molecule has 0 saturated carbocycles. The molecule has 122 valence electrons. The summed E-state index contributed by atoms with van der Waals surface area (Å²) in [6.07, 6.45) is 4.45. The second-order valence-corrected chi connectivity index (χ2v) is 6.01. The van der Waals surface area contributed by atoms with Gasteiger partial charge in [0.15, 0.2) is 0 Å². The molecule has 1 aliphatic rings. The molecule has 4 nitrogen and oxygen atoms in total. The van der Waals surface area contributed by atoms with E-state index in [-0.39, 0.29) is 17.1 Å². The standard InChI is InChI=1S/C18H21FN2O2/c1-21(11-3-6-14-7-4-12-23-14)18(22)16-10-9-13-5-2-8-15(19)17(13)20-16/h2,5,8-10,14H,3-4,6-7,11-12H2,1H3/t14-/m1/s1. The summed E-state index contributed by atoms with van der Waals surface area (Å²) in [4.78, 5) is 18.3. The second-order valence-electron chi connectivity index (χ2n) is 6.01. The summed E-state index contributed by atoms with van der Waals surface area (Å²) in [5.41, 5.74) is 0.522. The molecular weight excluding hydrogens is 295 g/mol. The summed E-state index contributed by atoms with van der Waals surface area (Å²) >= 11 is 0. The summed E-state index contributed by atoms with van der Waals surface area (Å²) in [7, 11) is 1.76. The van der Waals surface area contributed by atoms with Crippen LogP contribution in [-0.2, 0) is 4.74 Å². The molecule has 1 aliphatic heterocycles. The van der Waals surface area contributed by atoms with E-state index >= 15 is 0 Å². The molecule has 1 saturated heterocycles. The third-order valence-electron chi connectivity index (χ3n) is 4.28. The summed E-state index contributed by atoms with van der Waals surface area (Å²) in [6.45, 7) is 1.50. The maximum Gasteiger partial charge on any atom is 0.272 e. The van der Waals surface area contributed by atoms with E-state index in [1.807, 2.05) is 0 Å². The van der Waals surface area contributed by atoms with Crippen LogP contribution < -0.4 is 0 Å². The molecule has 0 bridgehead atoms. The minimum Gasteiger partial charge on any atom is -0.378 e. The summed E-state index contributed by atoms with van der Waals surface area (Å²) in [5.74, 6) is -0.583. The molecule has 23 heavy (non-hydrogen) atoms. The normalized spacial score (nSPS) is 17.6. The molecular formula is C18H21FN2O2. The number of pyridine rings is 1. The molecule has 1 amide bonds. The zero-order valence-corrected chi connectivity index (χ0v) is 13.3. The van der Waals surface area contributed by atoms with Crippen molar-refractivity contribution in [3.63, 3.8) is 0 Å². The van der Waals surface area contributed by atoms with Crippen LogP contribution in [0.1, 0.15) is 36.2 Å². The number of hydrogen-bond acceptors (Lipinski definition) is 3. The Bertz CT molecular complexity index is 698. The monoisotopic (exact) mass is 316 g/mol. The Hall–Kier alpha value is -2.01. The fourth-order valence-corrected chi connectivity index (χ4v) is 2.96. The van der Waals surface area contributed by atoms with E-state index in [9.17, 15) is 9.18 Å². The highest BCUT2D eigenvalue weighted by molar-refractivity contribution is 5.94. The van der Waals surface area contributed by atoms with Crippen molar-refractivity contribution in [3.8, 4) is 0 Å². The first-order chi connectivity index (χ1) is 11.1. The van der Waals surface area contributed by atoms with Gasteiger partial charge >= 0.3 is 0 Å². The van der Waals surface area contributed by atoms with Gasteiger partial charge in [0.1, 0.15) is 17.0 Å². The Morgan fingerprint density at radius 2 is 2.26 bits per heavy atom. The van der Waals surface area contributed by atoms with Crippen LogP contribution in [0.25, 0.3) is 10.9 Å². The Labute approximate surface area is 135 Å². The average molecular weight is 316 g/mol. The predicted octanol–water partition coefficient (Wildman–Crippen LogP) is 3.41. The largest absolute Gasteiger partial charge is 0.378 e. The highest BCUT2D eigenvalue weighted by atomic mass is 19.1. The maximum atomic E-state index is 13.8. The van der Waals surface area contributed by atoms with Gasteiger partial charge in [-0.3, -0.25) is 4.79 Å². The molecule has 1 aromatic heterocycles. The minimum absolute atomic E-state index is 0.178. The molecule has 2 heterocycles. The molecule has 0 aliphatic carbocycles. The first-order valence-electron chi connectivity index (χ1n) is 8.07. The van der Waals surface area contributed by atoms with Crippen LogP contribution in [0.2, 0.25) is 0 Å². The van der Waals surface area contributed by atoms with Gasteiger partial charge in [0.2, 0.25) is 0 Å². The second kappa shape index (κ2) is 7.04. The topological polar surface area (TPSA) is 42.4 Å². The third kappa shape index (κ3) is 3.67. The number of ether oxygens (including phenoxy) is 1. The van der Waals surface area contributed by atoms with Gasteiger partial charge < -0.3 is 9.64 Å². The number of hydrogen-bond donors (Lipinski definition) is 0. The van der Waals surface area contributed by atoms with E-state index in [0.29, 0.717) is 18.0 Å². The number of nitrogens with zero attached hydrogens (tertiary/aromatic N) is 2. The summed E-state index contributed by atoms with van der Waals surface area (Å²) < 4.78 is 19.4. The van der Waals surface area contributed by atoms with Gasteiger partial charge in [0.25, 0.3) is 5.91 Å². The number of halogens is 1. The number of carbonyl (C=O) groups excluding carboxylic acids is 1. The van der Waals surface area contributed by atoms with Gasteiger partial charge in [-0.15, -0.1) is 0 Å². The Balaban J connectivity index is 1.63. The van der Waals surface area contributed by atoms with Crippen LogP contribution in [-0.4, -0.2) is 42.1 Å². The molecule has 1 fully saturated rings. The molecule has 1 atom stereocenters. The number of aromatic nitrogens is 1. The van der Waals surface area contributed by atoms with Crippen molar-refractivity contribution in [2.24, 2.45) is 0 Å². The highest BCUT2D eigenvalue weighted by Gasteiger charge is 2.17. The van der Waals surface area contributed by atoms with Gasteiger partial charge in [-0.2, -0.15) is 0 Å². The molecule has 0 unspecified atom stereocenters. The van der Waals surface area contributed by atoms with E-state index in [1.165, 1.54) is 6.07 Å². The van der Waals surface area contributed by atoms with Crippen molar-refractivity contribution < 1.29 is 13.9 Å². The van der Waals surface area contributed by atoms with Gasteiger partial charge in [0, 0.05) is 25.6 Å². The first-order valence-corrected chi connectivity index (χ1v) is 8.07. The zero-order valence-electron chi connectivity index (χ0n) is 13.3. The number of amides is 1. The highest BCUT2D eigenvalue weighted by Crippen LogP contribution is 2.18. The van der Waals surface area contributed by atoms with Crippen molar-refractivity contribution in [2.75, 3.05) is 20.2 Å². The average Bonchev–Trinajstić information content (AvgIpc) is 3.07. The summed E-state index contributed by atoms with van der Waals surface area (Å²) in [6, 6.07) is 8.16. The fourth-order valence-electron chi connectivity index (χ4n) is 2.96. The molecule has 5 heteroatoms. The number of benzene rings is 1. The lowest BCUT2D eigenvalue weighted by atomic mass is 10.1. The fraction of sp³-hybridized carbons (Fsp3) is 0.444. The van der Waals surface area contributed by atoms with Crippen LogP contribution in [0.4, 0.5) is 4.39 Å². The molecule has 2 aromatic rings. The third-order valence-corrected chi connectivity index (χ3v) is 4.28. The molecule has 0 N–H and O–H groups in total. The van der Waals surface area contributed by atoms with Crippen LogP contribution in [0, 0.1) is 5.82 Å². The van der Waals surface area contributed by atoms with E-state index in [0.717, 1.165) is 32.3 Å². The number of carbonyl (C=O) groups is 1. The van der Waals surface area contributed by atoms with Crippen molar-refractivity contribution in [1.29, 1.82) is 0 Å². The Morgan fingerprint density at radius 3 is 3.04 bits per heavy atom. The van der Waals surface area contributed by atoms with Crippen molar-refractivity contribution >= 4 is 16.8 Å². The van der Waals surface area contributed by atoms with Gasteiger partial charge in [-0.05, 0) is 37.8 Å². The van der Waals surface area contributed by atoms with Crippen LogP contribution in [0.3, 0.4) is 0 Å². The maximum absolute atomic E-state index is 13.8. The van der Waals surface area contributed by atoms with E-state index < -0.39 is 5.82 Å². The van der Waals surface area contributed by atoms with E-state index in [1.54, 1.807) is 36.2 Å². The van der Waals surface area contributed by atoms with Gasteiger partial charge in [-0.25, -0.2) is 9.37 Å². The first kappa shape index (κ1) is 15.9. The van der Waals surface area contributed by atoms with E-state index in [2.05, 4.69) is 4.98 Å². The van der Waals surface area contributed by atoms with E-state index in [4.69, 9.17) is 4.74 Å². The van der Waals surface area contributed by atoms with Crippen molar-refractivity contribution in [3.05, 3.63) is 41.8 Å². The van der Waals surface area contributed by atoms with Crippen molar-refractivity contribution in [2.45, 2.75) is 31.8 Å². The zero-order chi connectivity index (χ0) is 16.2. The number of fused-ring (bicyclic) bond motifs is 1. The molecule has 0 spiro atoms. The SMILES string of the molecule is CN(CCC[C@@H]1CCCO1)C(=O)c1ccc2cccc(F)c2n1. The quantitative estimate of drug-likeness (QED) is 0.849. The number of para-hydroxylation sites is 1. The van der Waals surface area contributed by atoms with Crippen LogP contribution in [0.5, 0.6) is 0 Å². The Kier molecular flexibility index (Phi) is 4.86. The minimum atomic E-state index is -0.404. The van der Waals surface area contributed by atoms with Gasteiger partial charge in [0.05, 0.1) is 6.10 Å². The predicted molar refractivity (Wildman–Crippen MR) is 86.9 cm³/mol. The summed E-state index contributed by atoms with van der Waals surface area (Å²) in [5, 5.41) is 0.697. The lowest BCUT2D eigenvalue weighted by Gasteiger charge is -2.18. The molecule has 0 radical (unpaired) electrons. The smallest absolute Gasteiger partial charge is 0.272 e. The Morgan fingerprint density at radius 1 is 1.39 bits per heavy atom. The lowest BCUT2D eigenvalue weighted by molar-refractivity contribution is 0.0758. The van der Waals surface area contributed by atoms with Gasteiger partial charge in [-0.1, -0.05) is 18.2 Å². The number of rotatable bonds is 5. The van der Waals surface area contributed by atoms with Crippen LogP contribution in [0.15, 0.2) is 30.3 Å². The molecule has 1 aromatic carbocycles. The van der Waals surface area contributed by atoms with Crippen molar-refractivity contribution in [1.82, 2.24) is 9.88 Å². The lowest BCUT2D eigenvalue weighted by Crippen LogP contribution is -2.29. The van der Waals surface area contributed by atoms with Crippen LogP contribution >= 0.6 is 0 Å². The molecule has 3 rings (SSSR count).